The summed E-state index contributed by atoms with van der Waals surface area (Å²) >= 11 is 0. The van der Waals surface area contributed by atoms with Gasteiger partial charge in [0.15, 0.2) is 6.10 Å². The smallest absolute Gasteiger partial charge is 0.462 e. The Bertz CT molecular complexity index is 1300. The number of phosphoric ester groups is 1. The fraction of sp³-hybridized carbons (Fsp3) is 0.972. The summed E-state index contributed by atoms with van der Waals surface area (Å²) in [5.41, 5.74) is 5.41. The number of nitrogens with two attached hydrogens (primary N) is 1. The molecule has 0 heterocycles. The Morgan fingerprint density at radius 2 is 0.524 bits per heavy atom. The molecule has 0 bridgehead atoms. The second-order valence-electron chi connectivity index (χ2n) is 25.5. The van der Waals surface area contributed by atoms with Crippen LogP contribution in [0, 0.1) is 0 Å². The van der Waals surface area contributed by atoms with E-state index in [2.05, 4.69) is 13.8 Å². The standard InChI is InChI=1S/C72H144NO8P/c1-3-5-7-9-11-13-15-17-19-21-23-25-27-28-29-30-31-32-33-34-35-36-37-38-39-40-41-43-45-47-49-51-53-55-57-59-61-63-65-72(75)81-70(69-80-82(76,77)79-67-66-73)68-78-71(74)64-62-60-58-56-54-52-50-48-46-44-42-26-24-22-20-18-16-14-12-10-8-6-4-2/h70H,3-69,73H2,1-2H3,(H,76,77). The van der Waals surface area contributed by atoms with Gasteiger partial charge in [-0.25, -0.2) is 4.57 Å². The molecule has 10 heteroatoms. The molecule has 490 valence electrons. The van der Waals surface area contributed by atoms with Gasteiger partial charge in [-0.1, -0.05) is 393 Å². The first-order valence-corrected chi connectivity index (χ1v) is 38.5. The summed E-state index contributed by atoms with van der Waals surface area (Å²) in [5, 5.41) is 0. The lowest BCUT2D eigenvalue weighted by Crippen LogP contribution is -2.29. The van der Waals surface area contributed by atoms with E-state index in [4.69, 9.17) is 24.3 Å². The molecular formula is C72H144NO8P. The van der Waals surface area contributed by atoms with Gasteiger partial charge in [-0.3, -0.25) is 18.6 Å². The van der Waals surface area contributed by atoms with E-state index in [1.807, 2.05) is 0 Å². The van der Waals surface area contributed by atoms with E-state index >= 15 is 0 Å². The van der Waals surface area contributed by atoms with E-state index < -0.39 is 26.5 Å². The molecule has 0 aromatic carbocycles. The third kappa shape index (κ3) is 68.1. The summed E-state index contributed by atoms with van der Waals surface area (Å²) in [4.78, 5) is 35.4. The molecule has 0 amide bonds. The van der Waals surface area contributed by atoms with E-state index in [0.29, 0.717) is 12.8 Å². The molecule has 0 aromatic rings. The topological polar surface area (TPSA) is 134 Å². The van der Waals surface area contributed by atoms with Crippen LogP contribution in [0.4, 0.5) is 0 Å². The minimum absolute atomic E-state index is 0.0588. The molecule has 0 radical (unpaired) electrons. The van der Waals surface area contributed by atoms with Crippen molar-refractivity contribution in [3.63, 3.8) is 0 Å². The van der Waals surface area contributed by atoms with Gasteiger partial charge < -0.3 is 20.1 Å². The van der Waals surface area contributed by atoms with Crippen molar-refractivity contribution in [3.8, 4) is 0 Å². The van der Waals surface area contributed by atoms with Crippen molar-refractivity contribution in [3.05, 3.63) is 0 Å². The molecule has 2 unspecified atom stereocenters. The van der Waals surface area contributed by atoms with E-state index in [0.717, 1.165) is 32.1 Å². The number of ether oxygens (including phenoxy) is 2. The highest BCUT2D eigenvalue weighted by molar-refractivity contribution is 7.47. The maximum absolute atomic E-state index is 12.8. The molecular weight excluding hydrogens is 1040 g/mol. The first-order chi connectivity index (χ1) is 40.3. The molecule has 0 spiro atoms. The monoisotopic (exact) mass is 1180 g/mol. The van der Waals surface area contributed by atoms with Crippen LogP contribution in [0.3, 0.4) is 0 Å². The number of hydrogen-bond donors (Lipinski definition) is 2. The predicted molar refractivity (Wildman–Crippen MR) is 354 cm³/mol. The Morgan fingerprint density at radius 1 is 0.317 bits per heavy atom. The molecule has 0 aromatic heterocycles. The zero-order valence-electron chi connectivity index (χ0n) is 55.3. The summed E-state index contributed by atoms with van der Waals surface area (Å²) in [6.07, 6.45) is 82.3. The SMILES string of the molecule is CCCCCCCCCCCCCCCCCCCCCCCCCCCCCCCCCCCCCCCCC(=O)OC(COC(=O)CCCCCCCCCCCCCCCCCCCCCCCCC)COP(=O)(O)OCCN. The Balaban J connectivity index is 3.73. The minimum Gasteiger partial charge on any atom is -0.462 e. The van der Waals surface area contributed by atoms with Crippen molar-refractivity contribution in [2.45, 2.75) is 424 Å². The third-order valence-corrected chi connectivity index (χ3v) is 18.2. The van der Waals surface area contributed by atoms with Crippen molar-refractivity contribution in [1.82, 2.24) is 0 Å². The fourth-order valence-corrected chi connectivity index (χ4v) is 12.5. The van der Waals surface area contributed by atoms with Crippen LogP contribution in [-0.2, 0) is 32.7 Å². The second-order valence-corrected chi connectivity index (χ2v) is 27.0. The van der Waals surface area contributed by atoms with E-state index in [1.165, 1.54) is 353 Å². The van der Waals surface area contributed by atoms with Crippen LogP contribution in [0.5, 0.6) is 0 Å². The highest BCUT2D eigenvalue weighted by Crippen LogP contribution is 2.43. The number of unbranched alkanes of at least 4 members (excludes halogenated alkanes) is 59. The van der Waals surface area contributed by atoms with E-state index in [9.17, 15) is 19.0 Å². The zero-order valence-corrected chi connectivity index (χ0v) is 56.2. The zero-order chi connectivity index (χ0) is 59.4. The quantitative estimate of drug-likeness (QED) is 0.0347. The number of carbonyl (C=O) groups is 2. The first kappa shape index (κ1) is 81.0. The summed E-state index contributed by atoms with van der Waals surface area (Å²) in [7, 11) is -4.39. The molecule has 0 aliphatic rings. The Labute approximate surface area is 511 Å². The average molecular weight is 1180 g/mol. The van der Waals surface area contributed by atoms with Crippen LogP contribution in [0.25, 0.3) is 0 Å². The van der Waals surface area contributed by atoms with Crippen molar-refractivity contribution in [2.75, 3.05) is 26.4 Å². The molecule has 0 fully saturated rings. The largest absolute Gasteiger partial charge is 0.472 e. The van der Waals surface area contributed by atoms with Gasteiger partial charge in [0.25, 0.3) is 0 Å². The third-order valence-electron chi connectivity index (χ3n) is 17.2. The highest BCUT2D eigenvalue weighted by Gasteiger charge is 2.26. The fourth-order valence-electron chi connectivity index (χ4n) is 11.8. The molecule has 0 saturated heterocycles. The van der Waals surface area contributed by atoms with Gasteiger partial charge in [-0.05, 0) is 12.8 Å². The lowest BCUT2D eigenvalue weighted by molar-refractivity contribution is -0.161. The second kappa shape index (κ2) is 69.1. The normalized spacial score (nSPS) is 12.8. The molecule has 82 heavy (non-hydrogen) atoms. The predicted octanol–water partition coefficient (Wildman–Crippen LogP) is 24.1. The van der Waals surface area contributed by atoms with Gasteiger partial charge in [0.1, 0.15) is 6.61 Å². The number of carbonyl (C=O) groups excluding carboxylic acids is 2. The number of rotatable bonds is 72. The molecule has 0 aliphatic heterocycles. The molecule has 0 rings (SSSR count). The molecule has 9 nitrogen and oxygen atoms in total. The molecule has 0 saturated carbocycles. The molecule has 3 N–H and O–H groups in total. The number of hydrogen-bond acceptors (Lipinski definition) is 8. The van der Waals surface area contributed by atoms with Gasteiger partial charge in [-0.15, -0.1) is 0 Å². The van der Waals surface area contributed by atoms with Gasteiger partial charge in [0.2, 0.25) is 0 Å². The van der Waals surface area contributed by atoms with Crippen LogP contribution in [0.1, 0.15) is 418 Å². The highest BCUT2D eigenvalue weighted by atomic mass is 31.2. The summed E-state index contributed by atoms with van der Waals surface area (Å²) in [5.74, 6) is -0.797. The van der Waals surface area contributed by atoms with Gasteiger partial charge in [0, 0.05) is 19.4 Å². The Hall–Kier alpha value is -0.990. The Kier molecular flexibility index (Phi) is 68.3. The van der Waals surface area contributed by atoms with Gasteiger partial charge in [0.05, 0.1) is 13.2 Å². The first-order valence-electron chi connectivity index (χ1n) is 37.0. The summed E-state index contributed by atoms with van der Waals surface area (Å²) in [6, 6.07) is 0. The molecule has 0 aliphatic carbocycles. The lowest BCUT2D eigenvalue weighted by Gasteiger charge is -2.19. The maximum atomic E-state index is 12.8. The average Bonchev–Trinajstić information content (AvgIpc) is 3.49. The van der Waals surface area contributed by atoms with Crippen LogP contribution < -0.4 is 5.73 Å². The maximum Gasteiger partial charge on any atom is 0.472 e. The Morgan fingerprint density at radius 3 is 0.744 bits per heavy atom. The van der Waals surface area contributed by atoms with Crippen molar-refractivity contribution in [1.29, 1.82) is 0 Å². The number of phosphoric acid groups is 1. The van der Waals surface area contributed by atoms with E-state index in [-0.39, 0.29) is 32.1 Å². The van der Waals surface area contributed by atoms with Crippen LogP contribution in [-0.4, -0.2) is 49.3 Å². The van der Waals surface area contributed by atoms with Gasteiger partial charge in [-0.2, -0.15) is 0 Å². The van der Waals surface area contributed by atoms with Crippen molar-refractivity contribution >= 4 is 19.8 Å². The van der Waals surface area contributed by atoms with Gasteiger partial charge >= 0.3 is 19.8 Å². The lowest BCUT2D eigenvalue weighted by atomic mass is 10.0. The van der Waals surface area contributed by atoms with Crippen molar-refractivity contribution < 1.29 is 37.6 Å². The minimum atomic E-state index is -4.39. The van der Waals surface area contributed by atoms with E-state index in [1.54, 1.807) is 0 Å². The number of esters is 2. The summed E-state index contributed by atoms with van der Waals surface area (Å²) in [6.45, 7) is 3.85. The molecule has 2 atom stereocenters. The van der Waals surface area contributed by atoms with Crippen LogP contribution in [0.15, 0.2) is 0 Å². The summed E-state index contributed by atoms with van der Waals surface area (Å²) < 4.78 is 33.2. The van der Waals surface area contributed by atoms with Crippen LogP contribution >= 0.6 is 7.82 Å². The van der Waals surface area contributed by atoms with Crippen molar-refractivity contribution in [2.24, 2.45) is 5.73 Å². The van der Waals surface area contributed by atoms with Crippen LogP contribution in [0.2, 0.25) is 0 Å².